The molecule has 0 aliphatic carbocycles. The fourth-order valence-electron chi connectivity index (χ4n) is 3.77. The van der Waals surface area contributed by atoms with Gasteiger partial charge in [0.25, 0.3) is 11.5 Å². The second kappa shape index (κ2) is 10.2. The first-order chi connectivity index (χ1) is 16.9. The number of methoxy groups -OCH3 is 1. The Balaban J connectivity index is 1.62. The highest BCUT2D eigenvalue weighted by atomic mass is 16.5. The maximum atomic E-state index is 13.3. The number of ether oxygens (including phenoxy) is 1. The van der Waals surface area contributed by atoms with Crippen LogP contribution in [0.2, 0.25) is 0 Å². The van der Waals surface area contributed by atoms with Crippen molar-refractivity contribution in [2.24, 2.45) is 7.05 Å². The highest BCUT2D eigenvalue weighted by molar-refractivity contribution is 5.97. The van der Waals surface area contributed by atoms with Crippen molar-refractivity contribution in [2.75, 3.05) is 7.11 Å². The number of benzene rings is 2. The summed E-state index contributed by atoms with van der Waals surface area (Å²) in [5, 5.41) is 3.10. The normalized spacial score (nSPS) is 10.8. The Morgan fingerprint density at radius 2 is 1.63 bits per heavy atom. The molecule has 0 aliphatic heterocycles. The van der Waals surface area contributed by atoms with Gasteiger partial charge < -0.3 is 10.1 Å². The number of aryl methyl sites for hydroxylation is 1. The van der Waals surface area contributed by atoms with Crippen molar-refractivity contribution >= 4 is 22.8 Å². The number of nitrogens with one attached hydrogen (secondary N) is 1. The second-order valence-electron chi connectivity index (χ2n) is 8.07. The summed E-state index contributed by atoms with van der Waals surface area (Å²) in [4.78, 5) is 54.3. The molecule has 9 heteroatoms. The van der Waals surface area contributed by atoms with Crippen molar-refractivity contribution in [3.05, 3.63) is 110 Å². The predicted octanol–water partition coefficient (Wildman–Crippen LogP) is 1.79. The Bertz CT molecular complexity index is 1510. The van der Waals surface area contributed by atoms with E-state index in [1.54, 1.807) is 68.0 Å². The van der Waals surface area contributed by atoms with Gasteiger partial charge in [-0.25, -0.2) is 4.79 Å². The first kappa shape index (κ1) is 23.6. The zero-order chi connectivity index (χ0) is 24.9. The number of nitrogens with zero attached hydrogens (tertiary/aromatic N) is 3. The van der Waals surface area contributed by atoms with E-state index >= 15 is 0 Å². The molecule has 0 fully saturated rings. The topological polar surface area (TPSA) is 112 Å². The number of amides is 1. The number of fused-ring (bicyclic) bond motifs is 1. The van der Waals surface area contributed by atoms with Gasteiger partial charge in [-0.15, -0.1) is 0 Å². The van der Waals surface area contributed by atoms with Crippen molar-refractivity contribution < 1.29 is 14.3 Å². The van der Waals surface area contributed by atoms with E-state index < -0.39 is 11.2 Å². The number of hydrogen-bond acceptors (Lipinski definition) is 6. The largest absolute Gasteiger partial charge is 0.469 e. The van der Waals surface area contributed by atoms with Crippen LogP contribution in [0.5, 0.6) is 0 Å². The van der Waals surface area contributed by atoms with Crippen LogP contribution in [0.4, 0.5) is 0 Å². The molecule has 2 aromatic heterocycles. The molecule has 0 aliphatic rings. The maximum Gasteiger partial charge on any atom is 0.331 e. The fraction of sp³-hybridized carbons (Fsp3) is 0.192. The highest BCUT2D eigenvalue weighted by Crippen LogP contribution is 2.12. The van der Waals surface area contributed by atoms with Crippen LogP contribution in [0.15, 0.2) is 76.6 Å². The summed E-state index contributed by atoms with van der Waals surface area (Å²) in [6.07, 6.45) is 3.43. The van der Waals surface area contributed by atoms with E-state index in [1.165, 1.54) is 17.7 Å². The Hall–Kier alpha value is -4.53. The lowest BCUT2D eigenvalue weighted by Crippen LogP contribution is -2.39. The van der Waals surface area contributed by atoms with Crippen LogP contribution in [0, 0.1) is 0 Å². The standard InChI is InChI=1S/C26H24N4O5/c1-29-22-8-7-20(24(32)28-15-18-9-11-27-12-10-18)14-21(22)25(33)30(26(29)34)16-19-5-3-17(4-6-19)13-23(31)35-2/h3-12,14H,13,15-16H2,1-2H3,(H,28,32). The molecule has 4 aromatic rings. The highest BCUT2D eigenvalue weighted by Gasteiger charge is 2.15. The van der Waals surface area contributed by atoms with Crippen LogP contribution in [-0.4, -0.2) is 33.1 Å². The van der Waals surface area contributed by atoms with Crippen LogP contribution in [-0.2, 0) is 36.1 Å². The third-order valence-corrected chi connectivity index (χ3v) is 5.76. The molecule has 1 N–H and O–H groups in total. The van der Waals surface area contributed by atoms with Gasteiger partial charge in [0.05, 0.1) is 31.0 Å². The van der Waals surface area contributed by atoms with Gasteiger partial charge in [-0.05, 0) is 47.0 Å². The summed E-state index contributed by atoms with van der Waals surface area (Å²) in [5.74, 6) is -0.678. The predicted molar refractivity (Wildman–Crippen MR) is 130 cm³/mol. The summed E-state index contributed by atoms with van der Waals surface area (Å²) in [5.41, 5.74) is 2.21. The van der Waals surface area contributed by atoms with E-state index in [0.717, 1.165) is 21.3 Å². The number of rotatable bonds is 7. The number of pyridine rings is 1. The van der Waals surface area contributed by atoms with Crippen molar-refractivity contribution in [2.45, 2.75) is 19.5 Å². The summed E-state index contributed by atoms with van der Waals surface area (Å²) < 4.78 is 7.20. The number of aromatic nitrogens is 3. The lowest BCUT2D eigenvalue weighted by Gasteiger charge is -2.12. The maximum absolute atomic E-state index is 13.3. The van der Waals surface area contributed by atoms with E-state index in [1.807, 2.05) is 0 Å². The Morgan fingerprint density at radius 1 is 0.943 bits per heavy atom. The monoisotopic (exact) mass is 472 g/mol. The van der Waals surface area contributed by atoms with E-state index in [4.69, 9.17) is 0 Å². The SMILES string of the molecule is COC(=O)Cc1ccc(Cn2c(=O)c3cc(C(=O)NCc4ccncc4)ccc3n(C)c2=O)cc1. The third-order valence-electron chi connectivity index (χ3n) is 5.76. The average molecular weight is 473 g/mol. The van der Waals surface area contributed by atoms with Gasteiger partial charge in [0.15, 0.2) is 0 Å². The molecule has 178 valence electrons. The second-order valence-corrected chi connectivity index (χ2v) is 8.07. The molecular formula is C26H24N4O5. The van der Waals surface area contributed by atoms with Gasteiger partial charge in [0.2, 0.25) is 0 Å². The fourth-order valence-corrected chi connectivity index (χ4v) is 3.77. The van der Waals surface area contributed by atoms with E-state index in [2.05, 4.69) is 15.0 Å². The molecular weight excluding hydrogens is 448 g/mol. The molecule has 4 rings (SSSR count). The van der Waals surface area contributed by atoms with Gasteiger partial charge in [-0.2, -0.15) is 0 Å². The molecule has 2 heterocycles. The van der Waals surface area contributed by atoms with E-state index in [9.17, 15) is 19.2 Å². The molecule has 0 spiro atoms. The first-order valence-corrected chi connectivity index (χ1v) is 10.9. The molecule has 2 aromatic carbocycles. The summed E-state index contributed by atoms with van der Waals surface area (Å²) in [6.45, 7) is 0.376. The molecule has 1 amide bonds. The van der Waals surface area contributed by atoms with Crippen molar-refractivity contribution in [3.63, 3.8) is 0 Å². The van der Waals surface area contributed by atoms with Crippen molar-refractivity contribution in [1.29, 1.82) is 0 Å². The quantitative estimate of drug-likeness (QED) is 0.411. The smallest absolute Gasteiger partial charge is 0.331 e. The minimum atomic E-state index is -0.481. The van der Waals surface area contributed by atoms with Crippen LogP contribution >= 0.6 is 0 Å². The van der Waals surface area contributed by atoms with Gasteiger partial charge in [0, 0.05) is 31.5 Å². The molecule has 0 bridgehead atoms. The van der Waals surface area contributed by atoms with E-state index in [0.29, 0.717) is 17.6 Å². The van der Waals surface area contributed by atoms with Crippen molar-refractivity contribution in [3.8, 4) is 0 Å². The summed E-state index contributed by atoms with van der Waals surface area (Å²) in [6, 6.07) is 15.3. The molecule has 0 saturated carbocycles. The third kappa shape index (κ3) is 5.19. The Kier molecular flexibility index (Phi) is 6.86. The average Bonchev–Trinajstić information content (AvgIpc) is 2.89. The lowest BCUT2D eigenvalue weighted by molar-refractivity contribution is -0.139. The number of carbonyl (C=O) groups excluding carboxylic acids is 2. The van der Waals surface area contributed by atoms with Gasteiger partial charge in [0.1, 0.15) is 0 Å². The molecule has 9 nitrogen and oxygen atoms in total. The Morgan fingerprint density at radius 3 is 2.31 bits per heavy atom. The van der Waals surface area contributed by atoms with Crippen LogP contribution < -0.4 is 16.6 Å². The van der Waals surface area contributed by atoms with Crippen LogP contribution in [0.1, 0.15) is 27.0 Å². The molecule has 35 heavy (non-hydrogen) atoms. The molecule has 0 unspecified atom stereocenters. The van der Waals surface area contributed by atoms with Gasteiger partial charge in [-0.3, -0.25) is 28.5 Å². The van der Waals surface area contributed by atoms with Crippen LogP contribution in [0.3, 0.4) is 0 Å². The minimum absolute atomic E-state index is 0.0540. The molecule has 0 saturated heterocycles. The van der Waals surface area contributed by atoms with Gasteiger partial charge >= 0.3 is 11.7 Å². The zero-order valence-corrected chi connectivity index (χ0v) is 19.4. The first-order valence-electron chi connectivity index (χ1n) is 10.9. The summed E-state index contributed by atoms with van der Waals surface area (Å²) in [7, 11) is 2.91. The number of carbonyl (C=O) groups is 2. The molecule has 0 atom stereocenters. The molecule has 0 radical (unpaired) electrons. The van der Waals surface area contributed by atoms with Crippen LogP contribution in [0.25, 0.3) is 10.9 Å². The number of esters is 1. The van der Waals surface area contributed by atoms with Crippen molar-refractivity contribution in [1.82, 2.24) is 19.4 Å². The Labute approximate surface area is 200 Å². The minimum Gasteiger partial charge on any atom is -0.469 e. The van der Waals surface area contributed by atoms with Gasteiger partial charge in [-0.1, -0.05) is 24.3 Å². The lowest BCUT2D eigenvalue weighted by atomic mass is 10.1. The summed E-state index contributed by atoms with van der Waals surface area (Å²) >= 11 is 0. The zero-order valence-electron chi connectivity index (χ0n) is 19.4. The van der Waals surface area contributed by atoms with E-state index in [-0.39, 0.29) is 30.2 Å². The number of hydrogen-bond donors (Lipinski definition) is 1.